The Bertz CT molecular complexity index is 843. The third kappa shape index (κ3) is 4.68. The Balaban J connectivity index is 0.00000225. The van der Waals surface area contributed by atoms with E-state index in [2.05, 4.69) is 26.2 Å². The minimum atomic E-state index is -0.521. The number of rotatable bonds is 4. The number of benzene rings is 1. The van der Waals surface area contributed by atoms with Crippen LogP contribution in [0.25, 0.3) is 10.9 Å². The number of piperidine rings is 1. The molecular formula is C16H18Br2ClN3O3. The predicted molar refractivity (Wildman–Crippen MR) is 106 cm³/mol. The molecule has 1 aliphatic heterocycles. The summed E-state index contributed by atoms with van der Waals surface area (Å²) in [6.45, 7) is 0.730. The second-order valence-corrected chi connectivity index (χ2v) is 7.24. The van der Waals surface area contributed by atoms with Crippen molar-refractivity contribution in [2.75, 3.05) is 6.54 Å². The summed E-state index contributed by atoms with van der Waals surface area (Å²) in [5.74, 6) is -0.121. The summed E-state index contributed by atoms with van der Waals surface area (Å²) in [5.41, 5.74) is 0.198. The van der Waals surface area contributed by atoms with E-state index in [9.17, 15) is 14.7 Å². The van der Waals surface area contributed by atoms with Crippen LogP contribution in [0.15, 0.2) is 27.7 Å². The van der Waals surface area contributed by atoms with Gasteiger partial charge in [-0.15, -0.1) is 17.0 Å². The van der Waals surface area contributed by atoms with E-state index in [1.54, 1.807) is 12.1 Å². The Morgan fingerprint density at radius 1 is 1.48 bits per heavy atom. The number of carbonyl (C=O) groups excluding carboxylic acids is 1. The van der Waals surface area contributed by atoms with Gasteiger partial charge in [0.15, 0.2) is 5.78 Å². The Morgan fingerprint density at radius 3 is 2.96 bits per heavy atom. The van der Waals surface area contributed by atoms with Crippen LogP contribution in [0.4, 0.5) is 0 Å². The van der Waals surface area contributed by atoms with Crippen LogP contribution in [-0.2, 0) is 11.3 Å². The van der Waals surface area contributed by atoms with E-state index in [0.29, 0.717) is 26.8 Å². The van der Waals surface area contributed by atoms with Crippen molar-refractivity contribution in [1.29, 1.82) is 0 Å². The monoisotopic (exact) mass is 493 g/mol. The van der Waals surface area contributed by atoms with E-state index < -0.39 is 6.10 Å². The Hall–Kier alpha value is -0.800. The molecule has 1 saturated heterocycles. The maximum Gasteiger partial charge on any atom is 0.261 e. The fraction of sp³-hybridized carbons (Fsp3) is 0.438. The molecule has 25 heavy (non-hydrogen) atoms. The number of hydrogen-bond acceptors (Lipinski definition) is 5. The number of hydrogen-bond donors (Lipinski definition) is 2. The average molecular weight is 496 g/mol. The smallest absolute Gasteiger partial charge is 0.261 e. The Kier molecular flexibility index (Phi) is 7.16. The van der Waals surface area contributed by atoms with Crippen LogP contribution in [0.5, 0.6) is 0 Å². The minimum Gasteiger partial charge on any atom is -0.391 e. The Morgan fingerprint density at radius 2 is 2.24 bits per heavy atom. The normalized spacial score (nSPS) is 20.3. The van der Waals surface area contributed by atoms with E-state index >= 15 is 0 Å². The zero-order chi connectivity index (χ0) is 17.3. The van der Waals surface area contributed by atoms with Crippen LogP contribution in [0.1, 0.15) is 19.3 Å². The molecule has 1 aromatic heterocycles. The number of ketones is 1. The van der Waals surface area contributed by atoms with Crippen molar-refractivity contribution in [2.24, 2.45) is 0 Å². The number of Topliss-reactive ketones (excluding diaryl/α,β-unsaturated/α-hetero) is 1. The zero-order valence-electron chi connectivity index (χ0n) is 13.2. The first-order valence-corrected chi connectivity index (χ1v) is 8.90. The molecule has 2 unspecified atom stereocenters. The van der Waals surface area contributed by atoms with Crippen molar-refractivity contribution < 1.29 is 9.90 Å². The van der Waals surface area contributed by atoms with Gasteiger partial charge in [-0.25, -0.2) is 4.98 Å². The number of nitrogens with zero attached hydrogens (tertiary/aromatic N) is 2. The van der Waals surface area contributed by atoms with Crippen molar-refractivity contribution in [3.05, 3.63) is 38.3 Å². The van der Waals surface area contributed by atoms with Crippen LogP contribution in [0, 0.1) is 0 Å². The lowest BCUT2D eigenvalue weighted by Gasteiger charge is -2.28. The molecule has 2 heterocycles. The van der Waals surface area contributed by atoms with Crippen molar-refractivity contribution in [3.8, 4) is 0 Å². The van der Waals surface area contributed by atoms with E-state index in [1.807, 2.05) is 0 Å². The molecule has 9 heteroatoms. The van der Waals surface area contributed by atoms with Crippen molar-refractivity contribution >= 4 is 61.2 Å². The first-order chi connectivity index (χ1) is 11.5. The molecule has 0 aliphatic carbocycles. The lowest BCUT2D eigenvalue weighted by atomic mass is 9.97. The highest BCUT2D eigenvalue weighted by Crippen LogP contribution is 2.25. The van der Waals surface area contributed by atoms with Gasteiger partial charge < -0.3 is 10.4 Å². The molecule has 3 rings (SSSR count). The summed E-state index contributed by atoms with van der Waals surface area (Å²) in [6, 6.07) is 2.97. The highest BCUT2D eigenvalue weighted by molar-refractivity contribution is 9.10. The van der Waals surface area contributed by atoms with Gasteiger partial charge in [-0.2, -0.15) is 0 Å². The number of aliphatic hydroxyl groups excluding tert-OH is 1. The van der Waals surface area contributed by atoms with Gasteiger partial charge in [-0.1, -0.05) is 11.6 Å². The van der Waals surface area contributed by atoms with E-state index in [-0.39, 0.29) is 47.3 Å². The van der Waals surface area contributed by atoms with Crippen LogP contribution in [0.2, 0.25) is 5.02 Å². The van der Waals surface area contributed by atoms with Gasteiger partial charge in [0.05, 0.1) is 34.9 Å². The van der Waals surface area contributed by atoms with Gasteiger partial charge >= 0.3 is 0 Å². The molecular weight excluding hydrogens is 477 g/mol. The van der Waals surface area contributed by atoms with E-state index in [0.717, 1.165) is 13.0 Å². The van der Waals surface area contributed by atoms with Gasteiger partial charge in [-0.3, -0.25) is 14.2 Å². The summed E-state index contributed by atoms with van der Waals surface area (Å²) in [4.78, 5) is 29.0. The van der Waals surface area contributed by atoms with E-state index in [1.165, 1.54) is 10.9 Å². The maximum absolute atomic E-state index is 12.5. The molecule has 0 saturated carbocycles. The highest BCUT2D eigenvalue weighted by atomic mass is 79.9. The number of aliphatic hydroxyl groups is 1. The van der Waals surface area contributed by atoms with Crippen LogP contribution >= 0.6 is 44.5 Å². The molecule has 1 aromatic carbocycles. The van der Waals surface area contributed by atoms with Gasteiger partial charge in [0, 0.05) is 16.9 Å². The fourth-order valence-electron chi connectivity index (χ4n) is 2.91. The molecule has 1 aliphatic rings. The zero-order valence-corrected chi connectivity index (χ0v) is 17.3. The van der Waals surface area contributed by atoms with E-state index in [4.69, 9.17) is 11.6 Å². The highest BCUT2D eigenvalue weighted by Gasteiger charge is 2.25. The van der Waals surface area contributed by atoms with Crippen LogP contribution < -0.4 is 10.9 Å². The first-order valence-electron chi connectivity index (χ1n) is 7.73. The summed E-state index contributed by atoms with van der Waals surface area (Å²) in [5, 5.41) is 13.9. The van der Waals surface area contributed by atoms with Gasteiger partial charge in [-0.05, 0) is 47.4 Å². The maximum atomic E-state index is 12.5. The second-order valence-electron chi connectivity index (χ2n) is 5.97. The quantitative estimate of drug-likeness (QED) is 0.681. The van der Waals surface area contributed by atoms with Crippen molar-refractivity contribution in [3.63, 3.8) is 0 Å². The molecule has 6 nitrogen and oxygen atoms in total. The minimum absolute atomic E-state index is 0. The summed E-state index contributed by atoms with van der Waals surface area (Å²) >= 11 is 9.29. The number of halogens is 3. The standard InChI is InChI=1S/C16H17BrClN3O3.BrH/c17-11-5-10-13(6-12(11)18)20-8-21(16(10)24)7-9(22)4-14-15(23)2-1-3-19-14;/h5-6,8,14-15,19,23H,1-4,7H2;1H. The summed E-state index contributed by atoms with van der Waals surface area (Å²) in [6.07, 6.45) is 2.62. The third-order valence-electron chi connectivity index (χ3n) is 4.21. The molecule has 2 aromatic rings. The van der Waals surface area contributed by atoms with Crippen LogP contribution in [0.3, 0.4) is 0 Å². The molecule has 0 bridgehead atoms. The molecule has 0 radical (unpaired) electrons. The SMILES string of the molecule is Br.O=C(CC1NCCCC1O)Cn1cnc2cc(Cl)c(Br)cc2c1=O. The Labute approximate surface area is 168 Å². The molecule has 0 spiro atoms. The van der Waals surface area contributed by atoms with Gasteiger partial charge in [0.25, 0.3) is 5.56 Å². The number of fused-ring (bicyclic) bond motifs is 1. The molecule has 0 amide bonds. The predicted octanol–water partition coefficient (Wildman–Crippen LogP) is 2.46. The summed E-state index contributed by atoms with van der Waals surface area (Å²) in [7, 11) is 0. The lowest BCUT2D eigenvalue weighted by Crippen LogP contribution is -2.46. The molecule has 136 valence electrons. The van der Waals surface area contributed by atoms with Crippen molar-refractivity contribution in [1.82, 2.24) is 14.9 Å². The summed E-state index contributed by atoms with van der Waals surface area (Å²) < 4.78 is 1.90. The van der Waals surface area contributed by atoms with Crippen molar-refractivity contribution in [2.45, 2.75) is 38.0 Å². The average Bonchev–Trinajstić information content (AvgIpc) is 2.54. The van der Waals surface area contributed by atoms with Crippen LogP contribution in [-0.4, -0.2) is 39.1 Å². The fourth-order valence-corrected chi connectivity index (χ4v) is 3.41. The van der Waals surface area contributed by atoms with Gasteiger partial charge in [0.2, 0.25) is 0 Å². The molecule has 1 fully saturated rings. The van der Waals surface area contributed by atoms with Gasteiger partial charge in [0.1, 0.15) is 0 Å². The topological polar surface area (TPSA) is 84.2 Å². The second kappa shape index (κ2) is 8.73. The number of carbonyl (C=O) groups is 1. The molecule has 2 N–H and O–H groups in total. The number of nitrogens with one attached hydrogen (secondary N) is 1. The first kappa shape index (κ1) is 20.5. The lowest BCUT2D eigenvalue weighted by molar-refractivity contribution is -0.121. The largest absolute Gasteiger partial charge is 0.391 e. The molecule has 2 atom stereocenters. The number of aromatic nitrogens is 2. The third-order valence-corrected chi connectivity index (χ3v) is 5.41.